The SMILES string of the molecule is O=C(NC(CF)c1ccccc1Br)OCc1ccccc1. The molecule has 0 aliphatic rings. The average molecular weight is 352 g/mol. The summed E-state index contributed by atoms with van der Waals surface area (Å²) in [5.41, 5.74) is 1.56. The fourth-order valence-corrected chi connectivity index (χ4v) is 2.43. The van der Waals surface area contributed by atoms with E-state index in [-0.39, 0.29) is 6.61 Å². The highest BCUT2D eigenvalue weighted by atomic mass is 79.9. The second kappa shape index (κ2) is 7.78. The van der Waals surface area contributed by atoms with Crippen molar-refractivity contribution in [3.63, 3.8) is 0 Å². The molecular weight excluding hydrogens is 337 g/mol. The van der Waals surface area contributed by atoms with Crippen LogP contribution in [0.25, 0.3) is 0 Å². The summed E-state index contributed by atoms with van der Waals surface area (Å²) in [6.45, 7) is -0.551. The Labute approximate surface area is 131 Å². The first-order chi connectivity index (χ1) is 10.2. The third-order valence-corrected chi connectivity index (χ3v) is 3.66. The lowest BCUT2D eigenvalue weighted by Crippen LogP contribution is -2.30. The van der Waals surface area contributed by atoms with Crippen molar-refractivity contribution < 1.29 is 13.9 Å². The molecule has 110 valence electrons. The molecule has 0 spiro atoms. The maximum absolute atomic E-state index is 13.2. The summed E-state index contributed by atoms with van der Waals surface area (Å²) in [6, 6.07) is 15.8. The van der Waals surface area contributed by atoms with Gasteiger partial charge in [-0.2, -0.15) is 0 Å². The van der Waals surface area contributed by atoms with Crippen molar-refractivity contribution in [1.82, 2.24) is 5.32 Å². The van der Waals surface area contributed by atoms with Crippen LogP contribution in [0.15, 0.2) is 59.1 Å². The molecule has 0 bridgehead atoms. The molecule has 2 aromatic carbocycles. The van der Waals surface area contributed by atoms with Gasteiger partial charge >= 0.3 is 6.09 Å². The summed E-state index contributed by atoms with van der Waals surface area (Å²) >= 11 is 3.34. The molecule has 1 amide bonds. The summed E-state index contributed by atoms with van der Waals surface area (Å²) in [6.07, 6.45) is -0.641. The highest BCUT2D eigenvalue weighted by molar-refractivity contribution is 9.10. The van der Waals surface area contributed by atoms with Gasteiger partial charge in [-0.15, -0.1) is 0 Å². The second-order valence-electron chi connectivity index (χ2n) is 4.43. The third-order valence-electron chi connectivity index (χ3n) is 2.94. The van der Waals surface area contributed by atoms with Crippen LogP contribution < -0.4 is 5.32 Å². The summed E-state index contributed by atoms with van der Waals surface area (Å²) in [5, 5.41) is 2.53. The number of carbonyl (C=O) groups excluding carboxylic acids is 1. The van der Waals surface area contributed by atoms with Crippen LogP contribution in [0.3, 0.4) is 0 Å². The van der Waals surface area contributed by atoms with Crippen molar-refractivity contribution in [2.75, 3.05) is 6.67 Å². The molecule has 0 saturated carbocycles. The topological polar surface area (TPSA) is 38.3 Å². The van der Waals surface area contributed by atoms with Crippen LogP contribution in [-0.2, 0) is 11.3 Å². The van der Waals surface area contributed by atoms with Crippen molar-refractivity contribution in [2.24, 2.45) is 0 Å². The molecule has 0 aromatic heterocycles. The van der Waals surface area contributed by atoms with Gasteiger partial charge in [0.25, 0.3) is 0 Å². The zero-order valence-corrected chi connectivity index (χ0v) is 12.8. The van der Waals surface area contributed by atoms with Gasteiger partial charge in [-0.1, -0.05) is 64.5 Å². The molecule has 1 atom stereocenters. The van der Waals surface area contributed by atoms with Gasteiger partial charge in [0, 0.05) is 4.47 Å². The standard InChI is InChI=1S/C16H15BrFNO2/c17-14-9-5-4-8-13(14)15(10-18)19-16(20)21-11-12-6-2-1-3-7-12/h1-9,15H,10-11H2,(H,19,20). The Hall–Kier alpha value is -1.88. The van der Waals surface area contributed by atoms with Crippen LogP contribution in [0.4, 0.5) is 9.18 Å². The van der Waals surface area contributed by atoms with Crippen LogP contribution >= 0.6 is 15.9 Å². The van der Waals surface area contributed by atoms with E-state index >= 15 is 0 Å². The predicted molar refractivity (Wildman–Crippen MR) is 82.6 cm³/mol. The fourth-order valence-electron chi connectivity index (χ4n) is 1.86. The summed E-state index contributed by atoms with van der Waals surface area (Å²) in [7, 11) is 0. The van der Waals surface area contributed by atoms with E-state index in [1.807, 2.05) is 36.4 Å². The Bertz CT molecular complexity index is 592. The van der Waals surface area contributed by atoms with Gasteiger partial charge < -0.3 is 10.1 Å². The Morgan fingerprint density at radius 1 is 1.14 bits per heavy atom. The van der Waals surface area contributed by atoms with E-state index in [2.05, 4.69) is 21.2 Å². The number of rotatable bonds is 5. The van der Waals surface area contributed by atoms with Gasteiger partial charge in [-0.05, 0) is 17.2 Å². The number of hydrogen-bond acceptors (Lipinski definition) is 2. The Balaban J connectivity index is 1.93. The summed E-state index contributed by atoms with van der Waals surface area (Å²) in [4.78, 5) is 11.8. The molecule has 0 aliphatic carbocycles. The van der Waals surface area contributed by atoms with E-state index in [0.717, 1.165) is 10.0 Å². The Morgan fingerprint density at radius 2 is 1.81 bits per heavy atom. The van der Waals surface area contributed by atoms with Crippen LogP contribution in [0.2, 0.25) is 0 Å². The minimum Gasteiger partial charge on any atom is -0.445 e. The molecule has 2 aromatic rings. The number of amides is 1. The zero-order chi connectivity index (χ0) is 15.1. The highest BCUT2D eigenvalue weighted by Crippen LogP contribution is 2.23. The quantitative estimate of drug-likeness (QED) is 0.867. The van der Waals surface area contributed by atoms with Gasteiger partial charge in [-0.3, -0.25) is 0 Å². The van der Waals surface area contributed by atoms with Gasteiger partial charge in [0.15, 0.2) is 0 Å². The minimum absolute atomic E-state index is 0.154. The second-order valence-corrected chi connectivity index (χ2v) is 5.29. The molecule has 3 nitrogen and oxygen atoms in total. The van der Waals surface area contributed by atoms with Crippen molar-refractivity contribution in [2.45, 2.75) is 12.6 Å². The third kappa shape index (κ3) is 4.56. The maximum atomic E-state index is 13.2. The van der Waals surface area contributed by atoms with Crippen molar-refractivity contribution in [1.29, 1.82) is 0 Å². The lowest BCUT2D eigenvalue weighted by atomic mass is 10.1. The van der Waals surface area contributed by atoms with E-state index < -0.39 is 18.8 Å². The first-order valence-electron chi connectivity index (χ1n) is 6.48. The van der Waals surface area contributed by atoms with Crippen LogP contribution in [0, 0.1) is 0 Å². The zero-order valence-electron chi connectivity index (χ0n) is 11.3. The predicted octanol–water partition coefficient (Wildman–Crippen LogP) is 4.39. The van der Waals surface area contributed by atoms with E-state index in [0.29, 0.717) is 5.56 Å². The average Bonchev–Trinajstić information content (AvgIpc) is 2.52. The molecule has 21 heavy (non-hydrogen) atoms. The first kappa shape index (κ1) is 15.5. The number of carbonyl (C=O) groups is 1. The Morgan fingerprint density at radius 3 is 2.48 bits per heavy atom. The monoisotopic (exact) mass is 351 g/mol. The van der Waals surface area contributed by atoms with E-state index in [4.69, 9.17) is 4.74 Å². The van der Waals surface area contributed by atoms with Gasteiger partial charge in [0.05, 0.1) is 6.04 Å². The smallest absolute Gasteiger partial charge is 0.408 e. The molecule has 0 aliphatic heterocycles. The number of alkyl carbamates (subject to hydrolysis) is 1. The largest absolute Gasteiger partial charge is 0.445 e. The molecule has 0 saturated heterocycles. The van der Waals surface area contributed by atoms with Gasteiger partial charge in [0.1, 0.15) is 13.3 Å². The number of hydrogen-bond donors (Lipinski definition) is 1. The molecule has 1 unspecified atom stereocenters. The molecule has 5 heteroatoms. The molecule has 1 N–H and O–H groups in total. The number of halogens is 2. The first-order valence-corrected chi connectivity index (χ1v) is 7.27. The van der Waals surface area contributed by atoms with Crippen LogP contribution in [0.1, 0.15) is 17.2 Å². The number of nitrogens with one attached hydrogen (secondary N) is 1. The normalized spacial score (nSPS) is 11.7. The highest BCUT2D eigenvalue weighted by Gasteiger charge is 2.17. The summed E-state index contributed by atoms with van der Waals surface area (Å²) in [5.74, 6) is 0. The lowest BCUT2D eigenvalue weighted by Gasteiger charge is -2.17. The fraction of sp³-hybridized carbons (Fsp3) is 0.188. The summed E-state index contributed by atoms with van der Waals surface area (Å²) < 4.78 is 19.0. The van der Waals surface area contributed by atoms with Crippen LogP contribution in [0.5, 0.6) is 0 Å². The van der Waals surface area contributed by atoms with E-state index in [1.165, 1.54) is 0 Å². The molecule has 2 rings (SSSR count). The molecule has 0 heterocycles. The van der Waals surface area contributed by atoms with E-state index in [1.54, 1.807) is 18.2 Å². The molecule has 0 fully saturated rings. The van der Waals surface area contributed by atoms with Crippen molar-refractivity contribution in [3.05, 3.63) is 70.2 Å². The Kier molecular flexibility index (Phi) is 5.75. The lowest BCUT2D eigenvalue weighted by molar-refractivity contribution is 0.133. The van der Waals surface area contributed by atoms with Crippen molar-refractivity contribution in [3.8, 4) is 0 Å². The van der Waals surface area contributed by atoms with Gasteiger partial charge in [0.2, 0.25) is 0 Å². The van der Waals surface area contributed by atoms with Crippen LogP contribution in [-0.4, -0.2) is 12.8 Å². The van der Waals surface area contributed by atoms with Crippen molar-refractivity contribution >= 4 is 22.0 Å². The number of alkyl halides is 1. The maximum Gasteiger partial charge on any atom is 0.408 e. The number of benzene rings is 2. The molecule has 0 radical (unpaired) electrons. The van der Waals surface area contributed by atoms with E-state index in [9.17, 15) is 9.18 Å². The minimum atomic E-state index is -0.733. The van der Waals surface area contributed by atoms with Gasteiger partial charge in [-0.25, -0.2) is 9.18 Å². The molecular formula is C16H15BrFNO2. The number of ether oxygens (including phenoxy) is 1.